The Balaban J connectivity index is 1.66. The lowest BCUT2D eigenvalue weighted by Crippen LogP contribution is -2.46. The molecule has 2 aliphatic heterocycles. The highest BCUT2D eigenvalue weighted by atomic mass is 32.2. The molecule has 8 nitrogen and oxygen atoms in total. The molecular formula is C17H20N4O4S. The van der Waals surface area contributed by atoms with E-state index in [1.165, 1.54) is 9.37 Å². The number of aromatic nitrogens is 2. The van der Waals surface area contributed by atoms with Gasteiger partial charge < -0.3 is 4.57 Å². The van der Waals surface area contributed by atoms with Crippen molar-refractivity contribution in [1.82, 2.24) is 18.9 Å². The molecule has 1 saturated heterocycles. The number of imidazole rings is 1. The van der Waals surface area contributed by atoms with Gasteiger partial charge >= 0.3 is 0 Å². The molecule has 1 unspecified atom stereocenters. The number of rotatable bonds is 3. The van der Waals surface area contributed by atoms with Gasteiger partial charge in [0.05, 0.1) is 36.6 Å². The number of hydrogen-bond donors (Lipinski definition) is 0. The molecule has 1 aromatic carbocycles. The zero-order chi connectivity index (χ0) is 18.3. The van der Waals surface area contributed by atoms with E-state index in [9.17, 15) is 13.2 Å². The molecule has 1 fully saturated rings. The minimum Gasteiger partial charge on any atom is -0.319 e. The van der Waals surface area contributed by atoms with E-state index in [4.69, 9.17) is 4.84 Å². The van der Waals surface area contributed by atoms with Crippen LogP contribution in [0, 0.1) is 6.92 Å². The van der Waals surface area contributed by atoms with Crippen LogP contribution in [-0.2, 0) is 26.2 Å². The summed E-state index contributed by atoms with van der Waals surface area (Å²) in [6, 6.07) is 6.04. The molecule has 0 radical (unpaired) electrons. The topological polar surface area (TPSA) is 84.7 Å². The normalized spacial score (nSPS) is 21.0. The smallest absolute Gasteiger partial charge is 0.270 e. The van der Waals surface area contributed by atoms with Gasteiger partial charge in [-0.15, -0.1) is 0 Å². The number of carbonyl (C=O) groups excluding carboxylic acids is 1. The highest BCUT2D eigenvalue weighted by Crippen LogP contribution is 2.28. The van der Waals surface area contributed by atoms with E-state index >= 15 is 0 Å². The zero-order valence-electron chi connectivity index (χ0n) is 14.4. The highest BCUT2D eigenvalue weighted by Gasteiger charge is 2.39. The molecule has 4 rings (SSSR count). The number of fused-ring (bicyclic) bond motifs is 1. The van der Waals surface area contributed by atoms with Gasteiger partial charge in [-0.1, -0.05) is 17.7 Å². The number of amides is 1. The van der Waals surface area contributed by atoms with Crippen molar-refractivity contribution in [1.29, 1.82) is 0 Å². The number of hydrogen-bond acceptors (Lipinski definition) is 5. The van der Waals surface area contributed by atoms with Crippen molar-refractivity contribution in [2.75, 3.05) is 19.7 Å². The number of sulfonamides is 1. The molecule has 1 aromatic heterocycles. The lowest BCUT2D eigenvalue weighted by molar-refractivity contribution is -0.173. The maximum absolute atomic E-state index is 13.1. The fourth-order valence-corrected chi connectivity index (χ4v) is 4.71. The van der Waals surface area contributed by atoms with Gasteiger partial charge in [0.15, 0.2) is 0 Å². The van der Waals surface area contributed by atoms with Crippen molar-refractivity contribution < 1.29 is 18.0 Å². The summed E-state index contributed by atoms with van der Waals surface area (Å²) in [6.45, 7) is 3.16. The molecule has 0 aliphatic carbocycles. The SMILES string of the molecule is Cc1ccc(S(=O)(=O)N2Cc3cncn3C(C(=O)N3CCCO3)C2)cc1. The predicted molar refractivity (Wildman–Crippen MR) is 92.3 cm³/mol. The fourth-order valence-electron chi connectivity index (χ4n) is 3.29. The lowest BCUT2D eigenvalue weighted by Gasteiger charge is -2.34. The van der Waals surface area contributed by atoms with Gasteiger partial charge in [-0.25, -0.2) is 18.5 Å². The first-order valence-corrected chi connectivity index (χ1v) is 9.92. The average molecular weight is 376 g/mol. The van der Waals surface area contributed by atoms with Gasteiger partial charge in [-0.2, -0.15) is 4.31 Å². The number of hydroxylamine groups is 2. The van der Waals surface area contributed by atoms with Crippen molar-refractivity contribution in [3.63, 3.8) is 0 Å². The lowest BCUT2D eigenvalue weighted by atomic mass is 10.2. The maximum Gasteiger partial charge on any atom is 0.270 e. The largest absolute Gasteiger partial charge is 0.319 e. The molecule has 0 bridgehead atoms. The Morgan fingerprint density at radius 2 is 2.04 bits per heavy atom. The maximum atomic E-state index is 13.1. The van der Waals surface area contributed by atoms with Crippen LogP contribution in [0.3, 0.4) is 0 Å². The van der Waals surface area contributed by atoms with Crippen LogP contribution in [0.5, 0.6) is 0 Å². The van der Waals surface area contributed by atoms with Crippen LogP contribution in [0.2, 0.25) is 0 Å². The predicted octanol–water partition coefficient (Wildman–Crippen LogP) is 1.10. The molecule has 9 heteroatoms. The second-order valence-electron chi connectivity index (χ2n) is 6.55. The van der Waals surface area contributed by atoms with Crippen molar-refractivity contribution in [3.05, 3.63) is 48.0 Å². The second-order valence-corrected chi connectivity index (χ2v) is 8.48. The molecule has 3 heterocycles. The average Bonchev–Trinajstić information content (AvgIpc) is 3.32. The van der Waals surface area contributed by atoms with Crippen molar-refractivity contribution in [2.45, 2.75) is 30.8 Å². The Bertz CT molecular complexity index is 916. The molecule has 0 N–H and O–H groups in total. The summed E-state index contributed by atoms with van der Waals surface area (Å²) in [5, 5.41) is 1.33. The number of aryl methyl sites for hydroxylation is 1. The van der Waals surface area contributed by atoms with Crippen LogP contribution in [0.1, 0.15) is 23.7 Å². The standard InChI is InChI=1S/C17H20N4O4S/c1-13-3-5-15(6-4-13)26(23,24)19-10-14-9-18-12-20(14)16(11-19)17(22)21-7-2-8-25-21/h3-6,9,12,16H,2,7-8,10-11H2,1H3. The van der Waals surface area contributed by atoms with E-state index in [1.807, 2.05) is 6.92 Å². The Labute approximate surface area is 152 Å². The second kappa shape index (κ2) is 6.49. The number of nitrogens with zero attached hydrogens (tertiary/aromatic N) is 4. The molecule has 138 valence electrons. The van der Waals surface area contributed by atoms with Gasteiger partial charge in [0, 0.05) is 12.7 Å². The molecule has 1 amide bonds. The third kappa shape index (κ3) is 2.91. The monoisotopic (exact) mass is 376 g/mol. The summed E-state index contributed by atoms with van der Waals surface area (Å²) in [5.41, 5.74) is 1.67. The third-order valence-corrected chi connectivity index (χ3v) is 6.57. The first-order chi connectivity index (χ1) is 12.5. The van der Waals surface area contributed by atoms with E-state index in [0.29, 0.717) is 18.8 Å². The van der Waals surface area contributed by atoms with Crippen LogP contribution in [0.15, 0.2) is 41.7 Å². The minimum atomic E-state index is -3.71. The summed E-state index contributed by atoms with van der Waals surface area (Å²) < 4.78 is 29.2. The number of carbonyl (C=O) groups is 1. The Hall–Kier alpha value is -2.23. The summed E-state index contributed by atoms with van der Waals surface area (Å²) in [4.78, 5) is 22.5. The van der Waals surface area contributed by atoms with Crippen LogP contribution in [0.4, 0.5) is 0 Å². The van der Waals surface area contributed by atoms with Gasteiger partial charge in [-0.3, -0.25) is 9.63 Å². The Kier molecular flexibility index (Phi) is 4.29. The van der Waals surface area contributed by atoms with Crippen LogP contribution in [0.25, 0.3) is 0 Å². The highest BCUT2D eigenvalue weighted by molar-refractivity contribution is 7.89. The van der Waals surface area contributed by atoms with Crippen molar-refractivity contribution in [3.8, 4) is 0 Å². The first kappa shape index (κ1) is 17.2. The summed E-state index contributed by atoms with van der Waals surface area (Å²) in [5.74, 6) is -0.245. The van der Waals surface area contributed by atoms with Crippen molar-refractivity contribution in [2.24, 2.45) is 0 Å². The first-order valence-electron chi connectivity index (χ1n) is 8.48. The minimum absolute atomic E-state index is 0.0538. The Morgan fingerprint density at radius 3 is 2.73 bits per heavy atom. The number of benzene rings is 1. The van der Waals surface area contributed by atoms with Gasteiger partial charge in [-0.05, 0) is 25.5 Å². The van der Waals surface area contributed by atoms with Crippen LogP contribution >= 0.6 is 0 Å². The van der Waals surface area contributed by atoms with Gasteiger partial charge in [0.25, 0.3) is 5.91 Å². The summed E-state index contributed by atoms with van der Waals surface area (Å²) in [7, 11) is -3.71. The zero-order valence-corrected chi connectivity index (χ0v) is 15.2. The molecule has 0 saturated carbocycles. The third-order valence-electron chi connectivity index (χ3n) is 4.74. The van der Waals surface area contributed by atoms with Crippen molar-refractivity contribution >= 4 is 15.9 Å². The van der Waals surface area contributed by atoms with Gasteiger partial charge in [0.2, 0.25) is 10.0 Å². The van der Waals surface area contributed by atoms with Crippen LogP contribution in [-0.4, -0.2) is 52.9 Å². The molecule has 1 atom stereocenters. The molecule has 2 aromatic rings. The molecule has 2 aliphatic rings. The van der Waals surface area contributed by atoms with E-state index in [1.54, 1.807) is 41.4 Å². The molecule has 26 heavy (non-hydrogen) atoms. The van der Waals surface area contributed by atoms with E-state index in [2.05, 4.69) is 4.98 Å². The molecule has 0 spiro atoms. The van der Waals surface area contributed by atoms with E-state index in [0.717, 1.165) is 12.0 Å². The van der Waals surface area contributed by atoms with E-state index < -0.39 is 16.1 Å². The molecular weight excluding hydrogens is 356 g/mol. The van der Waals surface area contributed by atoms with Crippen LogP contribution < -0.4 is 0 Å². The quantitative estimate of drug-likeness (QED) is 0.801. The fraction of sp³-hybridized carbons (Fsp3) is 0.412. The van der Waals surface area contributed by atoms with Gasteiger partial charge in [0.1, 0.15) is 6.04 Å². The summed E-state index contributed by atoms with van der Waals surface area (Å²) >= 11 is 0. The van der Waals surface area contributed by atoms with E-state index in [-0.39, 0.29) is 23.9 Å². The summed E-state index contributed by atoms with van der Waals surface area (Å²) in [6.07, 6.45) is 3.95. The Morgan fingerprint density at radius 1 is 1.27 bits per heavy atom.